The monoisotopic (exact) mass is 477 g/mol. The van der Waals surface area contributed by atoms with Gasteiger partial charge < -0.3 is 14.3 Å². The zero-order valence-electron chi connectivity index (χ0n) is 20.1. The normalized spacial score (nSPS) is 11.0. The van der Waals surface area contributed by atoms with Gasteiger partial charge in [-0.25, -0.2) is 4.98 Å². The molecule has 0 aliphatic carbocycles. The van der Waals surface area contributed by atoms with E-state index in [1.54, 1.807) is 0 Å². The van der Waals surface area contributed by atoms with Crippen LogP contribution >= 0.6 is 0 Å². The molecule has 36 heavy (non-hydrogen) atoms. The number of aryl methyl sites for hydroxylation is 2. The van der Waals surface area contributed by atoms with Crippen LogP contribution in [0.3, 0.4) is 0 Å². The number of nitrogens with zero attached hydrogens (tertiary/aromatic N) is 1. The van der Waals surface area contributed by atoms with Gasteiger partial charge in [-0.2, -0.15) is 0 Å². The quantitative estimate of drug-likeness (QED) is 0.245. The van der Waals surface area contributed by atoms with Crippen LogP contribution in [0.1, 0.15) is 23.4 Å². The van der Waals surface area contributed by atoms with E-state index in [9.17, 15) is 4.79 Å². The number of aromatic nitrogens is 1. The topological polar surface area (TPSA) is 72.6 Å². The van der Waals surface area contributed by atoms with Gasteiger partial charge in [0.15, 0.2) is 0 Å². The van der Waals surface area contributed by atoms with Crippen molar-refractivity contribution in [3.8, 4) is 28.3 Å². The summed E-state index contributed by atoms with van der Waals surface area (Å²) in [6, 6.07) is 30.3. The number of benzene rings is 4. The van der Waals surface area contributed by atoms with E-state index < -0.39 is 5.97 Å². The smallest absolute Gasteiger partial charge is 0.303 e. The van der Waals surface area contributed by atoms with Gasteiger partial charge in [0.2, 0.25) is 5.89 Å². The molecule has 0 unspecified atom stereocenters. The van der Waals surface area contributed by atoms with Crippen molar-refractivity contribution >= 4 is 16.7 Å². The Bertz CT molecular complexity index is 1500. The number of carboxylic acids is 1. The molecule has 4 aromatic carbocycles. The number of hydrogen-bond acceptors (Lipinski definition) is 4. The summed E-state index contributed by atoms with van der Waals surface area (Å²) in [5, 5.41) is 11.4. The maximum absolute atomic E-state index is 11.1. The third-order valence-electron chi connectivity index (χ3n) is 6.24. The molecule has 0 saturated carbocycles. The lowest BCUT2D eigenvalue weighted by Crippen LogP contribution is -2.04. The van der Waals surface area contributed by atoms with Gasteiger partial charge in [-0.05, 0) is 65.6 Å². The first kappa shape index (κ1) is 23.4. The Balaban J connectivity index is 1.38. The molecule has 5 aromatic rings. The van der Waals surface area contributed by atoms with E-state index in [-0.39, 0.29) is 6.42 Å². The summed E-state index contributed by atoms with van der Waals surface area (Å²) in [5.41, 5.74) is 4.77. The number of aliphatic carboxylic acids is 1. The summed E-state index contributed by atoms with van der Waals surface area (Å²) in [4.78, 5) is 15.8. The van der Waals surface area contributed by atoms with E-state index in [1.165, 1.54) is 5.39 Å². The van der Waals surface area contributed by atoms with Gasteiger partial charge in [0.05, 0.1) is 12.3 Å². The highest BCUT2D eigenvalue weighted by molar-refractivity contribution is 5.88. The Labute approximate surface area is 210 Å². The van der Waals surface area contributed by atoms with Crippen molar-refractivity contribution in [3.05, 3.63) is 108 Å². The second-order valence-corrected chi connectivity index (χ2v) is 8.77. The van der Waals surface area contributed by atoms with E-state index in [0.717, 1.165) is 44.8 Å². The first-order valence-electron chi connectivity index (χ1n) is 12.1. The zero-order valence-corrected chi connectivity index (χ0v) is 20.1. The van der Waals surface area contributed by atoms with Gasteiger partial charge in [0.25, 0.3) is 0 Å². The first-order valence-corrected chi connectivity index (χ1v) is 12.1. The fourth-order valence-corrected chi connectivity index (χ4v) is 4.31. The number of rotatable bonds is 9. The Morgan fingerprint density at radius 1 is 0.861 bits per heavy atom. The van der Waals surface area contributed by atoms with E-state index >= 15 is 0 Å². The van der Waals surface area contributed by atoms with Gasteiger partial charge in [0.1, 0.15) is 11.5 Å². The van der Waals surface area contributed by atoms with Crippen LogP contribution in [-0.2, 0) is 17.6 Å². The minimum atomic E-state index is -0.805. The molecule has 5 nitrogen and oxygen atoms in total. The minimum Gasteiger partial charge on any atom is -0.493 e. The summed E-state index contributed by atoms with van der Waals surface area (Å²) < 4.78 is 12.1. The lowest BCUT2D eigenvalue weighted by atomic mass is 9.97. The van der Waals surface area contributed by atoms with Crippen LogP contribution in [0.4, 0.5) is 0 Å². The van der Waals surface area contributed by atoms with Crippen molar-refractivity contribution in [3.63, 3.8) is 0 Å². The Morgan fingerprint density at radius 2 is 1.64 bits per heavy atom. The number of carbonyl (C=O) groups is 1. The molecule has 5 heteroatoms. The summed E-state index contributed by atoms with van der Waals surface area (Å²) in [6.07, 6.45) is 1.17. The van der Waals surface area contributed by atoms with Crippen LogP contribution in [0.2, 0.25) is 0 Å². The molecule has 1 aromatic heterocycles. The molecular weight excluding hydrogens is 450 g/mol. The molecule has 0 aliphatic rings. The van der Waals surface area contributed by atoms with E-state index in [1.807, 2.05) is 67.6 Å². The van der Waals surface area contributed by atoms with Crippen molar-refractivity contribution in [2.75, 3.05) is 6.61 Å². The Kier molecular flexibility index (Phi) is 6.80. The van der Waals surface area contributed by atoms with Crippen molar-refractivity contribution in [1.82, 2.24) is 4.98 Å². The maximum Gasteiger partial charge on any atom is 0.303 e. The maximum atomic E-state index is 11.1. The van der Waals surface area contributed by atoms with Crippen LogP contribution in [-0.4, -0.2) is 22.7 Å². The molecule has 1 N–H and O–H groups in total. The summed E-state index contributed by atoms with van der Waals surface area (Å²) >= 11 is 0. The summed E-state index contributed by atoms with van der Waals surface area (Å²) in [5.74, 6) is 1.35. The minimum absolute atomic E-state index is 0.0898. The average Bonchev–Trinajstić information content (AvgIpc) is 3.28. The van der Waals surface area contributed by atoms with Gasteiger partial charge in [-0.15, -0.1) is 0 Å². The van der Waals surface area contributed by atoms with Gasteiger partial charge in [-0.1, -0.05) is 60.7 Å². The molecule has 1 heterocycles. The molecule has 0 saturated heterocycles. The van der Waals surface area contributed by atoms with E-state index in [4.69, 9.17) is 14.3 Å². The third kappa shape index (κ3) is 5.31. The van der Waals surface area contributed by atoms with Crippen molar-refractivity contribution in [1.29, 1.82) is 0 Å². The average molecular weight is 478 g/mol. The molecule has 0 radical (unpaired) electrons. The molecular formula is C31H27NO4. The molecule has 0 bridgehead atoms. The lowest BCUT2D eigenvalue weighted by molar-refractivity contribution is -0.136. The van der Waals surface area contributed by atoms with Crippen LogP contribution in [0.15, 0.2) is 95.4 Å². The number of hydrogen-bond donors (Lipinski definition) is 1. The predicted molar refractivity (Wildman–Crippen MR) is 141 cm³/mol. The summed E-state index contributed by atoms with van der Waals surface area (Å²) in [7, 11) is 0. The van der Waals surface area contributed by atoms with Crippen LogP contribution in [0.25, 0.3) is 33.4 Å². The highest BCUT2D eigenvalue weighted by Crippen LogP contribution is 2.34. The zero-order chi connectivity index (χ0) is 24.9. The van der Waals surface area contributed by atoms with Crippen molar-refractivity contribution < 1.29 is 19.1 Å². The SMILES string of the molecule is Cc1oc(-c2ccccc2)nc1CCOc1ccc(CCC(=O)O)cc1-c1ccc2ccccc2c1. The predicted octanol–water partition coefficient (Wildman–Crippen LogP) is 7.11. The van der Waals surface area contributed by atoms with Crippen LogP contribution < -0.4 is 4.74 Å². The van der Waals surface area contributed by atoms with Gasteiger partial charge in [0, 0.05) is 24.0 Å². The largest absolute Gasteiger partial charge is 0.493 e. The van der Waals surface area contributed by atoms with E-state index in [2.05, 4.69) is 35.3 Å². The molecule has 0 fully saturated rings. The fourth-order valence-electron chi connectivity index (χ4n) is 4.31. The number of oxazole rings is 1. The molecule has 180 valence electrons. The highest BCUT2D eigenvalue weighted by atomic mass is 16.5. The Morgan fingerprint density at radius 3 is 2.44 bits per heavy atom. The standard InChI is InChI=1S/C31H27NO4/c1-21-28(32-31(36-21)24-8-3-2-4-9-24)17-18-35-29-15-11-22(12-16-30(33)34)19-27(29)26-14-13-23-7-5-6-10-25(23)20-26/h2-11,13-15,19-20H,12,16-18H2,1H3,(H,33,34). The molecule has 0 atom stereocenters. The van der Waals surface area contributed by atoms with Gasteiger partial charge in [-0.3, -0.25) is 4.79 Å². The van der Waals surface area contributed by atoms with Gasteiger partial charge >= 0.3 is 5.97 Å². The molecule has 0 aliphatic heterocycles. The van der Waals surface area contributed by atoms with Crippen molar-refractivity contribution in [2.24, 2.45) is 0 Å². The lowest BCUT2D eigenvalue weighted by Gasteiger charge is -2.14. The number of ether oxygens (including phenoxy) is 1. The van der Waals surface area contributed by atoms with Crippen molar-refractivity contribution in [2.45, 2.75) is 26.2 Å². The fraction of sp³-hybridized carbons (Fsp3) is 0.161. The molecule has 5 rings (SSSR count). The number of carboxylic acid groups (broad SMARTS) is 1. The second-order valence-electron chi connectivity index (χ2n) is 8.77. The highest BCUT2D eigenvalue weighted by Gasteiger charge is 2.13. The van der Waals surface area contributed by atoms with E-state index in [0.29, 0.717) is 25.3 Å². The Hall–Kier alpha value is -4.38. The van der Waals surface area contributed by atoms with Crippen LogP contribution in [0.5, 0.6) is 5.75 Å². The number of fused-ring (bicyclic) bond motifs is 1. The molecule has 0 amide bonds. The summed E-state index contributed by atoms with van der Waals surface area (Å²) in [6.45, 7) is 2.36. The second kappa shape index (κ2) is 10.5. The van der Waals surface area contributed by atoms with Crippen LogP contribution in [0, 0.1) is 6.92 Å². The first-order chi connectivity index (χ1) is 17.6. The third-order valence-corrected chi connectivity index (χ3v) is 6.24. The molecule has 0 spiro atoms.